The third-order valence-corrected chi connectivity index (χ3v) is 11.3. The molecule has 1 aromatic heterocycles. The third-order valence-electron chi connectivity index (χ3n) is 10.2. The lowest BCUT2D eigenvalue weighted by atomic mass is 9.53. The Hall–Kier alpha value is -2.99. The molecule has 1 saturated heterocycles. The standard InChI is InChI=1S/C33H42N6O4S/c1-20-28(19-44-32-36-37-38-39(32)2)42-30(43-29(20)26-7-5-22(18-40)6-8-26)27-9-3-21(4-10-27)17-34-31(41)35-33-14-23-11-24(15-33)13-25(12-23)16-33/h3-10,20,23-25,28-30,40H,11-19H2,1-2H3,(H2,34,35,41)/t20-,23?,24?,25?,28+,29+,30+,33?/m0/s1. The van der Waals surface area contributed by atoms with E-state index in [-0.39, 0.29) is 36.3 Å². The summed E-state index contributed by atoms with van der Waals surface area (Å²) >= 11 is 1.56. The molecule has 234 valence electrons. The van der Waals surface area contributed by atoms with E-state index in [1.807, 2.05) is 55.6 Å². The summed E-state index contributed by atoms with van der Waals surface area (Å²) < 4.78 is 14.8. The Kier molecular flexibility index (Phi) is 8.39. The first-order chi connectivity index (χ1) is 21.4. The molecule has 0 unspecified atom stereocenters. The molecule has 4 atom stereocenters. The van der Waals surface area contributed by atoms with E-state index in [2.05, 4.69) is 33.1 Å². The van der Waals surface area contributed by atoms with Crippen molar-refractivity contribution in [2.24, 2.45) is 30.7 Å². The lowest BCUT2D eigenvalue weighted by molar-refractivity contribution is -0.268. The van der Waals surface area contributed by atoms with Gasteiger partial charge in [0.15, 0.2) is 6.29 Å². The van der Waals surface area contributed by atoms with Crippen LogP contribution in [0, 0.1) is 23.7 Å². The van der Waals surface area contributed by atoms with Crippen molar-refractivity contribution in [3.05, 3.63) is 70.8 Å². The number of aryl methyl sites for hydroxylation is 1. The average molecular weight is 619 g/mol. The summed E-state index contributed by atoms with van der Waals surface area (Å²) in [4.78, 5) is 13.0. The predicted molar refractivity (Wildman–Crippen MR) is 165 cm³/mol. The lowest BCUT2D eigenvalue weighted by Crippen LogP contribution is -2.61. The SMILES string of the molecule is C[C@H]1[C@@H](CSc2nnnn2C)O[C@@H](c2ccc(CNC(=O)NC34CC5CC(CC(C5)C3)C4)cc2)O[C@H]1c1ccc(CO)cc1. The number of amides is 2. The largest absolute Gasteiger partial charge is 0.392 e. The number of ether oxygens (including phenoxy) is 2. The number of nitrogens with zero attached hydrogens (tertiary/aromatic N) is 4. The Morgan fingerprint density at radius 3 is 2.23 bits per heavy atom. The number of hydrogen-bond acceptors (Lipinski definition) is 8. The van der Waals surface area contributed by atoms with Gasteiger partial charge in [-0.2, -0.15) is 0 Å². The molecule has 44 heavy (non-hydrogen) atoms. The summed E-state index contributed by atoms with van der Waals surface area (Å²) in [6.45, 7) is 2.61. The van der Waals surface area contributed by atoms with Gasteiger partial charge < -0.3 is 25.2 Å². The minimum atomic E-state index is -0.557. The molecule has 0 radical (unpaired) electrons. The van der Waals surface area contributed by atoms with Crippen molar-refractivity contribution in [1.29, 1.82) is 0 Å². The number of aliphatic hydroxyl groups is 1. The molecule has 4 aliphatic carbocycles. The van der Waals surface area contributed by atoms with Gasteiger partial charge in [-0.05, 0) is 83.4 Å². The van der Waals surface area contributed by atoms with Gasteiger partial charge in [0.2, 0.25) is 5.16 Å². The number of aliphatic hydroxyl groups excluding tert-OH is 1. The van der Waals surface area contributed by atoms with Crippen molar-refractivity contribution in [2.75, 3.05) is 5.75 Å². The van der Waals surface area contributed by atoms with Gasteiger partial charge in [0.05, 0.1) is 18.8 Å². The number of thioether (sulfide) groups is 1. The summed E-state index contributed by atoms with van der Waals surface area (Å²) in [5.41, 5.74) is 3.86. The van der Waals surface area contributed by atoms with E-state index >= 15 is 0 Å². The van der Waals surface area contributed by atoms with Gasteiger partial charge in [-0.25, -0.2) is 9.48 Å². The Labute approximate surface area is 262 Å². The van der Waals surface area contributed by atoms with Crippen LogP contribution >= 0.6 is 11.8 Å². The number of rotatable bonds is 9. The molecule has 3 aromatic rings. The Balaban J connectivity index is 1.00. The van der Waals surface area contributed by atoms with Crippen LogP contribution in [0.5, 0.6) is 0 Å². The van der Waals surface area contributed by atoms with Gasteiger partial charge in [0.1, 0.15) is 0 Å². The van der Waals surface area contributed by atoms with Crippen LogP contribution in [-0.2, 0) is 29.7 Å². The molecule has 8 rings (SSSR count). The van der Waals surface area contributed by atoms with E-state index in [1.165, 1.54) is 19.3 Å². The fourth-order valence-corrected chi connectivity index (χ4v) is 9.35. The number of urea groups is 1. The fraction of sp³-hybridized carbons (Fsp3) is 0.576. The third kappa shape index (κ3) is 6.24. The van der Waals surface area contributed by atoms with Crippen molar-refractivity contribution in [3.8, 4) is 0 Å². The molecule has 4 saturated carbocycles. The molecule has 2 heterocycles. The van der Waals surface area contributed by atoms with Crippen LogP contribution in [0.25, 0.3) is 0 Å². The van der Waals surface area contributed by atoms with Crippen LogP contribution in [0.4, 0.5) is 4.79 Å². The minimum absolute atomic E-state index is 0.00257. The van der Waals surface area contributed by atoms with Crippen LogP contribution < -0.4 is 10.6 Å². The molecular formula is C33H42N6O4S. The van der Waals surface area contributed by atoms with Crippen LogP contribution in [-0.4, -0.2) is 48.7 Å². The number of tetrazole rings is 1. The van der Waals surface area contributed by atoms with E-state index in [1.54, 1.807) is 16.4 Å². The van der Waals surface area contributed by atoms with Crippen LogP contribution in [0.2, 0.25) is 0 Å². The summed E-state index contributed by atoms with van der Waals surface area (Å²) in [5, 5.41) is 28.6. The maximum atomic E-state index is 13.0. The highest BCUT2D eigenvalue weighted by Gasteiger charge is 2.51. The number of carbonyl (C=O) groups is 1. The van der Waals surface area contributed by atoms with Crippen LogP contribution in [0.1, 0.15) is 80.1 Å². The van der Waals surface area contributed by atoms with Gasteiger partial charge in [-0.3, -0.25) is 0 Å². The van der Waals surface area contributed by atoms with E-state index in [4.69, 9.17) is 9.47 Å². The van der Waals surface area contributed by atoms with Crippen molar-refractivity contribution in [1.82, 2.24) is 30.8 Å². The second-order valence-electron chi connectivity index (χ2n) is 13.5. The first-order valence-corrected chi connectivity index (χ1v) is 16.9. The molecule has 5 fully saturated rings. The lowest BCUT2D eigenvalue weighted by Gasteiger charge is -2.56. The minimum Gasteiger partial charge on any atom is -0.392 e. The molecule has 4 bridgehead atoms. The normalized spacial score (nSPS) is 32.5. The quantitative estimate of drug-likeness (QED) is 0.285. The summed E-state index contributed by atoms with van der Waals surface area (Å²) in [6, 6.07) is 16.0. The van der Waals surface area contributed by atoms with Crippen molar-refractivity contribution in [2.45, 2.75) is 87.8 Å². The number of nitrogens with one attached hydrogen (secondary N) is 2. The zero-order valence-corrected chi connectivity index (χ0v) is 26.2. The van der Waals surface area contributed by atoms with Crippen LogP contribution in [0.15, 0.2) is 53.7 Å². The van der Waals surface area contributed by atoms with Crippen molar-refractivity contribution >= 4 is 17.8 Å². The second-order valence-corrected chi connectivity index (χ2v) is 14.5. The molecule has 11 heteroatoms. The number of aromatic nitrogens is 4. The molecular weight excluding hydrogens is 576 g/mol. The molecule has 3 N–H and O–H groups in total. The summed E-state index contributed by atoms with van der Waals surface area (Å²) in [5.74, 6) is 3.12. The van der Waals surface area contributed by atoms with Gasteiger partial charge in [0.25, 0.3) is 0 Å². The number of carbonyl (C=O) groups excluding carboxylic acids is 1. The zero-order valence-electron chi connectivity index (χ0n) is 25.4. The molecule has 10 nitrogen and oxygen atoms in total. The van der Waals surface area contributed by atoms with Gasteiger partial charge in [-0.15, -0.1) is 5.10 Å². The monoisotopic (exact) mass is 618 g/mol. The van der Waals surface area contributed by atoms with Crippen LogP contribution in [0.3, 0.4) is 0 Å². The number of benzene rings is 2. The zero-order chi connectivity index (χ0) is 30.3. The van der Waals surface area contributed by atoms with Crippen molar-refractivity contribution in [3.63, 3.8) is 0 Å². The van der Waals surface area contributed by atoms with Gasteiger partial charge in [0, 0.05) is 36.4 Å². The molecule has 1 aliphatic heterocycles. The van der Waals surface area contributed by atoms with Gasteiger partial charge in [-0.1, -0.05) is 67.2 Å². The summed E-state index contributed by atoms with van der Waals surface area (Å²) in [6.07, 6.45) is 6.63. The first kappa shape index (κ1) is 29.7. The molecule has 2 amide bonds. The smallest absolute Gasteiger partial charge is 0.315 e. The Morgan fingerprint density at radius 2 is 1.61 bits per heavy atom. The highest BCUT2D eigenvalue weighted by atomic mass is 32.2. The second kappa shape index (κ2) is 12.4. The molecule has 2 aromatic carbocycles. The van der Waals surface area contributed by atoms with E-state index in [0.29, 0.717) is 12.3 Å². The highest BCUT2D eigenvalue weighted by molar-refractivity contribution is 7.99. The fourth-order valence-electron chi connectivity index (χ4n) is 8.33. The maximum absolute atomic E-state index is 13.0. The maximum Gasteiger partial charge on any atom is 0.315 e. The topological polar surface area (TPSA) is 123 Å². The van der Waals surface area contributed by atoms with E-state index in [9.17, 15) is 9.90 Å². The van der Waals surface area contributed by atoms with E-state index in [0.717, 1.165) is 64.4 Å². The number of hydrogen-bond donors (Lipinski definition) is 3. The molecule has 5 aliphatic rings. The van der Waals surface area contributed by atoms with Crippen molar-refractivity contribution < 1.29 is 19.4 Å². The highest BCUT2D eigenvalue weighted by Crippen LogP contribution is 2.55. The van der Waals surface area contributed by atoms with E-state index < -0.39 is 6.29 Å². The first-order valence-electron chi connectivity index (χ1n) is 15.9. The predicted octanol–water partition coefficient (Wildman–Crippen LogP) is 5.05. The van der Waals surface area contributed by atoms with Gasteiger partial charge >= 0.3 is 6.03 Å². The summed E-state index contributed by atoms with van der Waals surface area (Å²) in [7, 11) is 1.83. The average Bonchev–Trinajstić information content (AvgIpc) is 3.43. The Morgan fingerprint density at radius 1 is 0.977 bits per heavy atom. The Bertz CT molecular complexity index is 1410. The molecule has 0 spiro atoms.